The predicted molar refractivity (Wildman–Crippen MR) is 120 cm³/mol. The molecule has 1 aliphatic heterocycles. The summed E-state index contributed by atoms with van der Waals surface area (Å²) in [6.07, 6.45) is 0. The summed E-state index contributed by atoms with van der Waals surface area (Å²) < 4.78 is 33.0. The van der Waals surface area contributed by atoms with Crippen molar-refractivity contribution >= 4 is 23.1 Å². The molecule has 0 aromatic heterocycles. The highest BCUT2D eigenvalue weighted by atomic mass is 19.2. The largest absolute Gasteiger partial charge is 0.507 e. The molecule has 1 saturated heterocycles. The van der Waals surface area contributed by atoms with Gasteiger partial charge in [0, 0.05) is 17.3 Å². The van der Waals surface area contributed by atoms with Crippen molar-refractivity contribution in [3.63, 3.8) is 0 Å². The Hall–Kier alpha value is -4.00. The Morgan fingerprint density at radius 2 is 1.76 bits per heavy atom. The second-order valence-corrected chi connectivity index (χ2v) is 7.64. The van der Waals surface area contributed by atoms with Crippen LogP contribution in [0.5, 0.6) is 5.75 Å². The van der Waals surface area contributed by atoms with Crippen LogP contribution in [0.3, 0.4) is 0 Å². The van der Waals surface area contributed by atoms with Crippen molar-refractivity contribution in [1.82, 2.24) is 0 Å². The number of ketones is 1. The zero-order chi connectivity index (χ0) is 23.7. The molecule has 1 atom stereocenters. The molecule has 1 heterocycles. The van der Waals surface area contributed by atoms with E-state index in [4.69, 9.17) is 4.74 Å². The first-order chi connectivity index (χ1) is 15.8. The van der Waals surface area contributed by atoms with Crippen LogP contribution >= 0.6 is 0 Å². The number of aliphatic hydroxyl groups excluding tert-OH is 1. The number of rotatable bonds is 5. The zero-order valence-corrected chi connectivity index (χ0v) is 18.0. The molecule has 1 N–H and O–H groups in total. The first-order valence-electron chi connectivity index (χ1n) is 10.4. The number of carbonyl (C=O) groups is 2. The maximum absolute atomic E-state index is 14.0. The number of anilines is 1. The number of nitrogens with zero attached hydrogens (tertiary/aromatic N) is 1. The van der Waals surface area contributed by atoms with Crippen molar-refractivity contribution in [2.24, 2.45) is 0 Å². The lowest BCUT2D eigenvalue weighted by molar-refractivity contribution is -0.132. The van der Waals surface area contributed by atoms with E-state index in [2.05, 4.69) is 0 Å². The highest BCUT2D eigenvalue weighted by Crippen LogP contribution is 2.42. The number of ether oxygens (including phenoxy) is 1. The number of aryl methyl sites for hydroxylation is 1. The van der Waals surface area contributed by atoms with Crippen molar-refractivity contribution in [2.45, 2.75) is 19.9 Å². The number of halogens is 2. The molecular formula is C26H21F2NO4. The van der Waals surface area contributed by atoms with E-state index in [1.54, 1.807) is 42.5 Å². The van der Waals surface area contributed by atoms with Gasteiger partial charge in [-0.3, -0.25) is 14.5 Å². The Labute approximate surface area is 189 Å². The smallest absolute Gasteiger partial charge is 0.300 e. The van der Waals surface area contributed by atoms with E-state index in [1.807, 2.05) is 19.9 Å². The monoisotopic (exact) mass is 449 g/mol. The van der Waals surface area contributed by atoms with Gasteiger partial charge in [0.2, 0.25) is 0 Å². The topological polar surface area (TPSA) is 66.8 Å². The minimum atomic E-state index is -1.15. The summed E-state index contributed by atoms with van der Waals surface area (Å²) in [6, 6.07) is 15.5. The maximum Gasteiger partial charge on any atom is 0.300 e. The molecule has 1 aliphatic rings. The Kier molecular flexibility index (Phi) is 5.96. The molecule has 1 amide bonds. The Balaban J connectivity index is 1.94. The van der Waals surface area contributed by atoms with Crippen LogP contribution in [0.1, 0.15) is 29.7 Å². The lowest BCUT2D eigenvalue weighted by Gasteiger charge is -2.25. The van der Waals surface area contributed by atoms with E-state index in [-0.39, 0.29) is 17.0 Å². The van der Waals surface area contributed by atoms with Gasteiger partial charge in [-0.2, -0.15) is 0 Å². The van der Waals surface area contributed by atoms with E-state index in [9.17, 15) is 23.5 Å². The third-order valence-electron chi connectivity index (χ3n) is 5.40. The highest BCUT2D eigenvalue weighted by molar-refractivity contribution is 6.51. The number of benzene rings is 3. The van der Waals surface area contributed by atoms with Crippen LogP contribution in [-0.2, 0) is 9.59 Å². The van der Waals surface area contributed by atoms with Gasteiger partial charge in [-0.05, 0) is 43.7 Å². The number of amides is 1. The molecule has 0 spiro atoms. The molecule has 5 nitrogen and oxygen atoms in total. The van der Waals surface area contributed by atoms with Gasteiger partial charge in [0.25, 0.3) is 11.7 Å². The van der Waals surface area contributed by atoms with Crippen LogP contribution < -0.4 is 9.64 Å². The van der Waals surface area contributed by atoms with Crippen LogP contribution in [-0.4, -0.2) is 23.4 Å². The minimum absolute atomic E-state index is 0.00428. The summed E-state index contributed by atoms with van der Waals surface area (Å²) in [5.74, 6) is -3.99. The molecule has 0 radical (unpaired) electrons. The van der Waals surface area contributed by atoms with Gasteiger partial charge in [-0.25, -0.2) is 8.78 Å². The van der Waals surface area contributed by atoms with E-state index >= 15 is 0 Å². The lowest BCUT2D eigenvalue weighted by Crippen LogP contribution is -2.29. The van der Waals surface area contributed by atoms with E-state index in [1.165, 1.54) is 6.07 Å². The molecule has 1 unspecified atom stereocenters. The fraction of sp³-hybridized carbons (Fsp3) is 0.154. The Morgan fingerprint density at radius 3 is 2.45 bits per heavy atom. The van der Waals surface area contributed by atoms with Gasteiger partial charge in [-0.1, -0.05) is 42.0 Å². The lowest BCUT2D eigenvalue weighted by atomic mass is 9.94. The molecule has 3 aromatic rings. The number of Topliss-reactive ketones (excluding diaryl/α,β-unsaturated/α-hetero) is 1. The van der Waals surface area contributed by atoms with Gasteiger partial charge >= 0.3 is 0 Å². The van der Waals surface area contributed by atoms with Crippen molar-refractivity contribution in [3.05, 3.63) is 101 Å². The van der Waals surface area contributed by atoms with Crippen LogP contribution in [0, 0.1) is 18.6 Å². The van der Waals surface area contributed by atoms with Gasteiger partial charge < -0.3 is 9.84 Å². The fourth-order valence-electron chi connectivity index (χ4n) is 3.94. The standard InChI is InChI=1S/C26H21F2NO4/c1-3-33-19-9-5-8-17(13-19)24(30)22-23(16-7-4-6-15(2)12-16)29(26(32)25(22)31)18-10-11-20(27)21(28)14-18/h4-14,23,30H,3H2,1-2H3/b24-22+. The van der Waals surface area contributed by atoms with Crippen LogP contribution in [0.2, 0.25) is 0 Å². The van der Waals surface area contributed by atoms with Crippen LogP contribution in [0.4, 0.5) is 14.5 Å². The first kappa shape index (κ1) is 22.2. The Bertz CT molecular complexity index is 1280. The third-order valence-corrected chi connectivity index (χ3v) is 5.40. The second kappa shape index (κ2) is 8.86. The van der Waals surface area contributed by atoms with Crippen molar-refractivity contribution in [2.75, 3.05) is 11.5 Å². The molecule has 168 valence electrons. The maximum atomic E-state index is 14.0. The van der Waals surface area contributed by atoms with E-state index in [0.29, 0.717) is 23.5 Å². The fourth-order valence-corrected chi connectivity index (χ4v) is 3.94. The van der Waals surface area contributed by atoms with Gasteiger partial charge in [0.15, 0.2) is 11.6 Å². The summed E-state index contributed by atoms with van der Waals surface area (Å²) in [7, 11) is 0. The summed E-state index contributed by atoms with van der Waals surface area (Å²) >= 11 is 0. The third kappa shape index (κ3) is 4.09. The molecule has 3 aromatic carbocycles. The van der Waals surface area contributed by atoms with Crippen LogP contribution in [0.15, 0.2) is 72.3 Å². The van der Waals surface area contributed by atoms with Gasteiger partial charge in [0.1, 0.15) is 11.5 Å². The molecule has 0 aliphatic carbocycles. The van der Waals surface area contributed by atoms with E-state index < -0.39 is 29.4 Å². The van der Waals surface area contributed by atoms with Gasteiger partial charge in [0.05, 0.1) is 18.2 Å². The normalized spacial score (nSPS) is 17.5. The molecular weight excluding hydrogens is 428 g/mol. The van der Waals surface area contributed by atoms with Crippen molar-refractivity contribution in [3.8, 4) is 5.75 Å². The summed E-state index contributed by atoms with van der Waals surface area (Å²) in [4.78, 5) is 27.3. The van der Waals surface area contributed by atoms with Crippen molar-refractivity contribution in [1.29, 1.82) is 0 Å². The van der Waals surface area contributed by atoms with Gasteiger partial charge in [-0.15, -0.1) is 0 Å². The summed E-state index contributed by atoms with van der Waals surface area (Å²) in [6.45, 7) is 4.07. The molecule has 0 saturated carbocycles. The predicted octanol–water partition coefficient (Wildman–Crippen LogP) is 5.30. The Morgan fingerprint density at radius 1 is 1.00 bits per heavy atom. The minimum Gasteiger partial charge on any atom is -0.507 e. The molecule has 4 rings (SSSR count). The number of hydrogen-bond acceptors (Lipinski definition) is 4. The second-order valence-electron chi connectivity index (χ2n) is 7.64. The first-order valence-corrected chi connectivity index (χ1v) is 10.4. The highest BCUT2D eigenvalue weighted by Gasteiger charge is 2.47. The van der Waals surface area contributed by atoms with E-state index in [0.717, 1.165) is 22.6 Å². The molecule has 1 fully saturated rings. The van der Waals surface area contributed by atoms with Crippen molar-refractivity contribution < 1.29 is 28.2 Å². The summed E-state index contributed by atoms with van der Waals surface area (Å²) in [5, 5.41) is 11.2. The molecule has 7 heteroatoms. The van der Waals surface area contributed by atoms with Crippen LogP contribution in [0.25, 0.3) is 5.76 Å². The number of carbonyl (C=O) groups excluding carboxylic acids is 2. The number of aliphatic hydroxyl groups is 1. The quantitative estimate of drug-likeness (QED) is 0.326. The molecule has 0 bridgehead atoms. The average Bonchev–Trinajstić information content (AvgIpc) is 3.06. The SMILES string of the molecule is CCOc1cccc(/C(O)=C2\C(=O)C(=O)N(c3ccc(F)c(F)c3)C2c2cccc(C)c2)c1. The zero-order valence-electron chi connectivity index (χ0n) is 18.0. The molecule has 33 heavy (non-hydrogen) atoms. The summed E-state index contributed by atoms with van der Waals surface area (Å²) in [5.41, 5.74) is 1.55. The average molecular weight is 449 g/mol. The number of hydrogen-bond donors (Lipinski definition) is 1.